The van der Waals surface area contributed by atoms with Crippen molar-refractivity contribution in [3.05, 3.63) is 0 Å². The van der Waals surface area contributed by atoms with E-state index >= 15 is 0 Å². The van der Waals surface area contributed by atoms with Crippen LogP contribution >= 0.6 is 0 Å². The first-order valence-corrected chi connectivity index (χ1v) is 3.64. The summed E-state index contributed by atoms with van der Waals surface area (Å²) in [4.78, 5) is 1.07. The van der Waals surface area contributed by atoms with Crippen molar-refractivity contribution in [3.8, 4) is 24.4 Å². The third-order valence-electron chi connectivity index (χ3n) is 2.19. The van der Waals surface area contributed by atoms with Crippen LogP contribution in [0.1, 0.15) is 6.42 Å². The zero-order valence-electron chi connectivity index (χ0n) is 6.73. The van der Waals surface area contributed by atoms with Crippen molar-refractivity contribution in [2.24, 2.45) is 5.92 Å². The van der Waals surface area contributed by atoms with Crippen LogP contribution in [0, 0.1) is 51.4 Å². The van der Waals surface area contributed by atoms with Crippen LogP contribution in [0.4, 0.5) is 0 Å². The van der Waals surface area contributed by atoms with E-state index in [1.54, 1.807) is 18.3 Å². The van der Waals surface area contributed by atoms with Gasteiger partial charge in [0.1, 0.15) is 12.1 Å². The number of nitriles is 4. The molecular formula is C8H5N5. The number of hydrogen-bond acceptors (Lipinski definition) is 5. The molecule has 13 heavy (non-hydrogen) atoms. The highest BCUT2D eigenvalue weighted by Crippen LogP contribution is 2.32. The molecule has 1 heterocycles. The molecular weight excluding hydrogens is 166 g/mol. The van der Waals surface area contributed by atoms with E-state index < -0.39 is 11.5 Å². The first-order chi connectivity index (χ1) is 6.25. The van der Waals surface area contributed by atoms with E-state index in [2.05, 4.69) is 0 Å². The smallest absolute Gasteiger partial charge is 0.238 e. The second-order valence-electron chi connectivity index (χ2n) is 2.71. The molecule has 0 spiro atoms. The minimum atomic E-state index is -1.57. The van der Waals surface area contributed by atoms with Gasteiger partial charge < -0.3 is 0 Å². The summed E-state index contributed by atoms with van der Waals surface area (Å²) in [6, 6.07) is 5.38. The average molecular weight is 171 g/mol. The molecule has 1 atom stereocenters. The van der Waals surface area contributed by atoms with Crippen molar-refractivity contribution in [3.63, 3.8) is 0 Å². The molecule has 1 fully saturated rings. The van der Waals surface area contributed by atoms with Gasteiger partial charge in [-0.3, -0.25) is 4.90 Å². The lowest BCUT2D eigenvalue weighted by Gasteiger charge is -2.21. The van der Waals surface area contributed by atoms with Crippen LogP contribution in [0.3, 0.4) is 0 Å². The second-order valence-corrected chi connectivity index (χ2v) is 2.71. The zero-order valence-corrected chi connectivity index (χ0v) is 6.73. The Bertz CT molecular complexity index is 333. The van der Waals surface area contributed by atoms with E-state index in [-0.39, 0.29) is 0 Å². The predicted molar refractivity (Wildman–Crippen MR) is 40.0 cm³/mol. The summed E-state index contributed by atoms with van der Waals surface area (Å²) in [7, 11) is 0. The minimum absolute atomic E-state index is 0.301. The summed E-state index contributed by atoms with van der Waals surface area (Å²) in [5.41, 5.74) is -1.57. The van der Waals surface area contributed by atoms with Gasteiger partial charge in [-0.1, -0.05) is 0 Å². The highest BCUT2D eigenvalue weighted by Gasteiger charge is 2.50. The Balaban J connectivity index is 3.17. The van der Waals surface area contributed by atoms with E-state index in [4.69, 9.17) is 21.0 Å². The summed E-state index contributed by atoms with van der Waals surface area (Å²) in [5.74, 6) is -0.692. The van der Waals surface area contributed by atoms with Crippen molar-refractivity contribution >= 4 is 0 Å². The number of likely N-dealkylation sites (tertiary alicyclic amines) is 1. The van der Waals surface area contributed by atoms with Crippen molar-refractivity contribution < 1.29 is 0 Å². The molecule has 0 bridgehead atoms. The molecule has 62 valence electrons. The van der Waals surface area contributed by atoms with Gasteiger partial charge in [0.2, 0.25) is 5.54 Å². The van der Waals surface area contributed by atoms with Gasteiger partial charge in [-0.15, -0.1) is 0 Å². The zero-order chi connectivity index (χ0) is 9.90. The van der Waals surface area contributed by atoms with Crippen LogP contribution in [0.2, 0.25) is 0 Å². The molecule has 1 saturated heterocycles. The maximum atomic E-state index is 8.80. The largest absolute Gasteiger partial charge is 0.277 e. The molecule has 5 heteroatoms. The van der Waals surface area contributed by atoms with Crippen molar-refractivity contribution in [2.75, 3.05) is 6.54 Å². The van der Waals surface area contributed by atoms with Gasteiger partial charge in [-0.05, 0) is 6.42 Å². The molecule has 1 rings (SSSR count). The average Bonchev–Trinajstić information content (AvgIpc) is 2.55. The summed E-state index contributed by atoms with van der Waals surface area (Å²) in [5, 5.41) is 34.9. The molecule has 5 nitrogen and oxygen atoms in total. The van der Waals surface area contributed by atoms with Crippen LogP contribution in [0.25, 0.3) is 0 Å². The number of hydrogen-bond donors (Lipinski definition) is 0. The predicted octanol–water partition coefficient (Wildman–Crippen LogP) is 0.0989. The highest BCUT2D eigenvalue weighted by molar-refractivity contribution is 5.33. The van der Waals surface area contributed by atoms with Gasteiger partial charge in [0.05, 0.1) is 12.0 Å². The lowest BCUT2D eigenvalue weighted by atomic mass is 9.89. The Morgan fingerprint density at radius 2 is 1.77 bits per heavy atom. The maximum Gasteiger partial charge on any atom is 0.238 e. The third-order valence-corrected chi connectivity index (χ3v) is 2.19. The molecule has 1 aliphatic rings. The Morgan fingerprint density at radius 3 is 2.15 bits per heavy atom. The number of nitrogens with zero attached hydrogens (tertiary/aromatic N) is 5. The Hall–Kier alpha value is -2.24. The first-order valence-electron chi connectivity index (χ1n) is 3.64. The highest BCUT2D eigenvalue weighted by atomic mass is 15.2. The summed E-state index contributed by atoms with van der Waals surface area (Å²) in [6.45, 7) is 0.301. The monoisotopic (exact) mass is 171 g/mol. The molecule has 0 aliphatic carbocycles. The van der Waals surface area contributed by atoms with Crippen LogP contribution in [0.15, 0.2) is 0 Å². The molecule has 1 aliphatic heterocycles. The molecule has 0 amide bonds. The van der Waals surface area contributed by atoms with E-state index in [0.717, 1.165) is 4.90 Å². The van der Waals surface area contributed by atoms with Crippen molar-refractivity contribution in [1.82, 2.24) is 4.90 Å². The first kappa shape index (κ1) is 8.85. The van der Waals surface area contributed by atoms with Crippen LogP contribution in [0.5, 0.6) is 0 Å². The lowest BCUT2D eigenvalue weighted by molar-refractivity contribution is 0.327. The van der Waals surface area contributed by atoms with Crippen LogP contribution < -0.4 is 0 Å². The molecule has 0 aromatic rings. The van der Waals surface area contributed by atoms with Crippen molar-refractivity contribution in [2.45, 2.75) is 12.0 Å². The van der Waals surface area contributed by atoms with Gasteiger partial charge >= 0.3 is 0 Å². The quantitative estimate of drug-likeness (QED) is 0.481. The molecule has 0 radical (unpaired) electrons. The van der Waals surface area contributed by atoms with Crippen molar-refractivity contribution in [1.29, 1.82) is 21.0 Å². The topological polar surface area (TPSA) is 98.4 Å². The van der Waals surface area contributed by atoms with E-state index in [1.807, 2.05) is 6.07 Å². The standard InChI is InChI=1S/C8H5N5/c9-3-7-1-2-13(6-12)8(7,4-10)5-11/h7H,1-2H2. The fourth-order valence-corrected chi connectivity index (χ4v) is 1.42. The van der Waals surface area contributed by atoms with Gasteiger partial charge in [-0.2, -0.15) is 21.0 Å². The molecule has 1 unspecified atom stereocenters. The van der Waals surface area contributed by atoms with Gasteiger partial charge in [-0.25, -0.2) is 0 Å². The number of rotatable bonds is 0. The van der Waals surface area contributed by atoms with E-state index in [0.29, 0.717) is 13.0 Å². The normalized spacial score (nSPS) is 23.7. The summed E-state index contributed by atoms with van der Waals surface area (Å²) in [6.07, 6.45) is 2.15. The molecule has 0 N–H and O–H groups in total. The molecule has 0 aromatic heterocycles. The fourth-order valence-electron chi connectivity index (χ4n) is 1.42. The summed E-state index contributed by atoms with van der Waals surface area (Å²) >= 11 is 0. The Morgan fingerprint density at radius 1 is 1.15 bits per heavy atom. The van der Waals surface area contributed by atoms with E-state index in [1.165, 1.54) is 0 Å². The molecule has 0 aromatic carbocycles. The van der Waals surface area contributed by atoms with Crippen LogP contribution in [-0.4, -0.2) is 17.0 Å². The van der Waals surface area contributed by atoms with Crippen LogP contribution in [-0.2, 0) is 0 Å². The Kier molecular flexibility index (Phi) is 2.05. The molecule has 0 saturated carbocycles. The van der Waals surface area contributed by atoms with Gasteiger partial charge in [0.15, 0.2) is 6.19 Å². The summed E-state index contributed by atoms with van der Waals surface area (Å²) < 4.78 is 0. The van der Waals surface area contributed by atoms with Gasteiger partial charge in [0.25, 0.3) is 0 Å². The fraction of sp³-hybridized carbons (Fsp3) is 0.500. The third kappa shape index (κ3) is 0.959. The van der Waals surface area contributed by atoms with Gasteiger partial charge in [0, 0.05) is 6.54 Å². The Labute approximate surface area is 75.6 Å². The second kappa shape index (κ2) is 3.02. The lowest BCUT2D eigenvalue weighted by Crippen LogP contribution is -2.42. The SMILES string of the molecule is N#CC1CCN(C#N)C1(C#N)C#N. The van der Waals surface area contributed by atoms with E-state index in [9.17, 15) is 0 Å². The maximum absolute atomic E-state index is 8.80. The minimum Gasteiger partial charge on any atom is -0.277 e.